The van der Waals surface area contributed by atoms with Crippen LogP contribution in [0.2, 0.25) is 18.6 Å². The highest BCUT2D eigenvalue weighted by molar-refractivity contribution is 6.71. The molecule has 3 amide bonds. The Morgan fingerprint density at radius 2 is 1.74 bits per heavy atom. The van der Waals surface area contributed by atoms with E-state index < -0.39 is 49.5 Å². The zero-order chi connectivity index (χ0) is 33.7. The van der Waals surface area contributed by atoms with Crippen molar-refractivity contribution < 1.29 is 34.1 Å². The van der Waals surface area contributed by atoms with E-state index in [1.165, 1.54) is 6.92 Å². The van der Waals surface area contributed by atoms with Crippen molar-refractivity contribution in [1.29, 1.82) is 0 Å². The molecule has 0 aliphatic carbocycles. The topological polar surface area (TPSA) is 140 Å². The van der Waals surface area contributed by atoms with Crippen LogP contribution in [0.1, 0.15) is 42.5 Å². The van der Waals surface area contributed by atoms with Crippen molar-refractivity contribution in [3.63, 3.8) is 0 Å². The van der Waals surface area contributed by atoms with Crippen molar-refractivity contribution in [3.05, 3.63) is 95.1 Å². The molecule has 0 aromatic heterocycles. The van der Waals surface area contributed by atoms with Crippen molar-refractivity contribution in [1.82, 2.24) is 4.90 Å². The lowest BCUT2D eigenvalue weighted by atomic mass is 9.82. The first-order chi connectivity index (χ1) is 22.3. The molecule has 0 bridgehead atoms. The van der Waals surface area contributed by atoms with Crippen LogP contribution in [-0.4, -0.2) is 70.8 Å². The second-order valence-electron chi connectivity index (χ2n) is 13.7. The van der Waals surface area contributed by atoms with Gasteiger partial charge in [-0.1, -0.05) is 61.5 Å². The Balaban J connectivity index is 1.39. The van der Waals surface area contributed by atoms with Gasteiger partial charge in [0, 0.05) is 29.3 Å². The summed E-state index contributed by atoms with van der Waals surface area (Å²) in [5.74, 6) is -1.60. The van der Waals surface area contributed by atoms with Gasteiger partial charge in [-0.25, -0.2) is 0 Å². The fourth-order valence-corrected chi connectivity index (χ4v) is 10.4. The van der Waals surface area contributed by atoms with Crippen LogP contribution in [0.3, 0.4) is 0 Å². The fourth-order valence-electron chi connectivity index (χ4n) is 7.86. The van der Waals surface area contributed by atoms with E-state index in [1.807, 2.05) is 74.6 Å². The lowest BCUT2D eigenvalue weighted by molar-refractivity contribution is -0.151. The summed E-state index contributed by atoms with van der Waals surface area (Å²) in [6.45, 7) is 7.35. The maximum Gasteiger partial charge on any atom is 0.264 e. The lowest BCUT2D eigenvalue weighted by Crippen LogP contribution is -2.48. The number of hydrogen-bond donors (Lipinski definition) is 4. The summed E-state index contributed by atoms with van der Waals surface area (Å²) in [7, 11) is -3.06. The number of rotatable bonds is 8. The van der Waals surface area contributed by atoms with Crippen molar-refractivity contribution in [2.75, 3.05) is 16.8 Å². The van der Waals surface area contributed by atoms with Crippen LogP contribution in [0, 0.1) is 5.92 Å². The Kier molecular flexibility index (Phi) is 8.88. The Labute approximate surface area is 276 Å². The molecule has 3 aliphatic rings. The Morgan fingerprint density at radius 3 is 2.40 bits per heavy atom. The molecule has 4 N–H and O–H groups in total. The molecule has 11 heteroatoms. The number of carbonyl (C=O) groups excluding carboxylic acids is 3. The number of anilines is 2. The van der Waals surface area contributed by atoms with Gasteiger partial charge in [-0.3, -0.25) is 14.4 Å². The van der Waals surface area contributed by atoms with Gasteiger partial charge < -0.3 is 34.9 Å². The summed E-state index contributed by atoms with van der Waals surface area (Å²) in [6.07, 6.45) is -1.54. The molecule has 0 radical (unpaired) electrons. The number of hydrogen-bond acceptors (Lipinski definition) is 7. The molecule has 1 spiro atoms. The quantitative estimate of drug-likeness (QED) is 0.271. The maximum atomic E-state index is 14.8. The van der Waals surface area contributed by atoms with Crippen LogP contribution in [-0.2, 0) is 44.2 Å². The summed E-state index contributed by atoms with van der Waals surface area (Å²) in [6, 6.07) is 22.3. The van der Waals surface area contributed by atoms with E-state index >= 15 is 0 Å². The minimum Gasteiger partial charge on any atom is -0.432 e. The van der Waals surface area contributed by atoms with Gasteiger partial charge in [-0.2, -0.15) is 0 Å². The van der Waals surface area contributed by atoms with Crippen molar-refractivity contribution in [2.45, 2.75) is 82.3 Å². The molecule has 0 saturated carbocycles. The third-order valence-electron chi connectivity index (χ3n) is 10.1. The Hall–Kier alpha value is -3.87. The number of fused-ring (bicyclic) bond motifs is 3. The van der Waals surface area contributed by atoms with Crippen LogP contribution in [0.15, 0.2) is 72.8 Å². The summed E-state index contributed by atoms with van der Waals surface area (Å²) in [4.78, 5) is 56.4. The SMILES string of the molecule is C[C@H](O)C(=O)Nc1ccc2c(c1)[C@]1(O[C@@H](CC(=O)N3Cc4ccccc4C[C@H]3CO)[C@H]([Si](C)(C)O)[C@H]1C)C(=O)N2Cc1ccccc1. The highest BCUT2D eigenvalue weighted by Gasteiger charge is 2.66. The summed E-state index contributed by atoms with van der Waals surface area (Å²) in [5, 5.41) is 22.8. The van der Waals surface area contributed by atoms with E-state index in [0.29, 0.717) is 29.9 Å². The third kappa shape index (κ3) is 5.91. The molecule has 3 heterocycles. The molecule has 47 heavy (non-hydrogen) atoms. The molecule has 6 rings (SSSR count). The second-order valence-corrected chi connectivity index (χ2v) is 17.6. The Bertz CT molecular complexity index is 1680. The maximum absolute atomic E-state index is 14.8. The van der Waals surface area contributed by atoms with Crippen molar-refractivity contribution in [3.8, 4) is 0 Å². The Morgan fingerprint density at radius 1 is 1.06 bits per heavy atom. The molecule has 3 aromatic rings. The normalized spacial score (nSPS) is 25.9. The van der Waals surface area contributed by atoms with Crippen molar-refractivity contribution in [2.24, 2.45) is 5.92 Å². The molecular weight excluding hydrogens is 614 g/mol. The summed E-state index contributed by atoms with van der Waals surface area (Å²) < 4.78 is 6.89. The molecule has 248 valence electrons. The first-order valence-electron chi connectivity index (χ1n) is 16.2. The highest BCUT2D eigenvalue weighted by atomic mass is 28.4. The van der Waals surface area contributed by atoms with E-state index in [1.54, 1.807) is 28.0 Å². The van der Waals surface area contributed by atoms with E-state index in [0.717, 1.165) is 16.7 Å². The number of amides is 3. The number of benzene rings is 3. The van der Waals surface area contributed by atoms with Gasteiger partial charge >= 0.3 is 0 Å². The zero-order valence-corrected chi connectivity index (χ0v) is 28.2. The average Bonchev–Trinajstić information content (AvgIpc) is 3.46. The smallest absolute Gasteiger partial charge is 0.264 e. The van der Waals surface area contributed by atoms with Crippen LogP contribution < -0.4 is 10.2 Å². The van der Waals surface area contributed by atoms with Gasteiger partial charge in [0.2, 0.25) is 5.91 Å². The number of carbonyl (C=O) groups is 3. The fraction of sp³-hybridized carbons (Fsp3) is 0.417. The monoisotopic (exact) mass is 657 g/mol. The van der Waals surface area contributed by atoms with Gasteiger partial charge in [-0.15, -0.1) is 0 Å². The predicted octanol–water partition coefficient (Wildman–Crippen LogP) is 3.69. The number of nitrogens with one attached hydrogen (secondary N) is 1. The molecule has 1 fully saturated rings. The first kappa shape index (κ1) is 33.0. The minimum absolute atomic E-state index is 0.0633. The number of aliphatic hydroxyl groups excluding tert-OH is 2. The molecule has 1 saturated heterocycles. The van der Waals surface area contributed by atoms with E-state index in [2.05, 4.69) is 5.32 Å². The van der Waals surface area contributed by atoms with Crippen LogP contribution in [0.25, 0.3) is 0 Å². The summed E-state index contributed by atoms with van der Waals surface area (Å²) in [5.41, 5.74) is 2.61. The average molecular weight is 658 g/mol. The molecule has 3 aliphatic heterocycles. The van der Waals surface area contributed by atoms with Gasteiger partial charge in [0.1, 0.15) is 6.10 Å². The van der Waals surface area contributed by atoms with Gasteiger partial charge in [0.15, 0.2) is 13.9 Å². The number of ether oxygens (including phenoxy) is 1. The predicted molar refractivity (Wildman–Crippen MR) is 180 cm³/mol. The standard InChI is InChI=1S/C36H43N3O7Si/c1-22-33(47(3,4)45)31(18-32(42)38-20-26-13-9-8-12-25(26)16-28(38)21-40)46-36(22)29-17-27(37-34(43)23(2)41)14-15-30(29)39(35(36)44)19-24-10-6-5-7-11-24/h5-15,17,22-23,28,31,33,40-41,45H,16,18-21H2,1-4H3,(H,37,43)/t22-,23+,28+,31+,33-,36+/m1/s1. The van der Waals surface area contributed by atoms with Crippen LogP contribution in [0.4, 0.5) is 11.4 Å². The molecular formula is C36H43N3O7Si. The van der Waals surface area contributed by atoms with Gasteiger partial charge in [0.25, 0.3) is 11.8 Å². The van der Waals surface area contributed by atoms with E-state index in [9.17, 15) is 29.4 Å². The van der Waals surface area contributed by atoms with E-state index in [4.69, 9.17) is 4.74 Å². The largest absolute Gasteiger partial charge is 0.432 e. The minimum atomic E-state index is -3.06. The third-order valence-corrected chi connectivity index (χ3v) is 12.6. The first-order valence-corrected chi connectivity index (χ1v) is 19.2. The van der Waals surface area contributed by atoms with Gasteiger partial charge in [-0.05, 0) is 61.3 Å². The van der Waals surface area contributed by atoms with Gasteiger partial charge in [0.05, 0.1) is 37.4 Å². The molecule has 10 nitrogen and oxygen atoms in total. The van der Waals surface area contributed by atoms with Crippen LogP contribution >= 0.6 is 0 Å². The molecule has 3 aromatic carbocycles. The lowest BCUT2D eigenvalue weighted by Gasteiger charge is -2.37. The number of aliphatic hydroxyl groups is 2. The second kappa shape index (κ2) is 12.6. The van der Waals surface area contributed by atoms with E-state index in [-0.39, 0.29) is 31.4 Å². The molecule has 0 unspecified atom stereocenters. The zero-order valence-electron chi connectivity index (χ0n) is 27.2. The summed E-state index contributed by atoms with van der Waals surface area (Å²) >= 11 is 0. The highest BCUT2D eigenvalue weighted by Crippen LogP contribution is 2.60. The van der Waals surface area contributed by atoms with Crippen molar-refractivity contribution >= 4 is 37.4 Å². The van der Waals surface area contributed by atoms with Crippen LogP contribution in [0.5, 0.6) is 0 Å². The number of nitrogens with zero attached hydrogens (tertiary/aromatic N) is 2. The molecule has 6 atom stereocenters.